The Morgan fingerprint density at radius 3 is 1.32 bits per heavy atom. The number of benzene rings is 6. The van der Waals surface area contributed by atoms with Crippen molar-refractivity contribution in [2.24, 2.45) is 0 Å². The minimum Gasteiger partial charge on any atom is -0.460 e. The Labute approximate surface area is 421 Å². The summed E-state index contributed by atoms with van der Waals surface area (Å²) in [6.45, 7) is 8.69. The van der Waals surface area contributed by atoms with Crippen molar-refractivity contribution in [2.75, 3.05) is 75.8 Å². The standard InChI is InChI=1S/C56H62N5O10P/c1-35-25-40(13-17-49(35)57-6)29-41-15-19-51(37(3)27-41)59-54(64)46-32-47(34-48(33-46)56(66)69-23-24-71-72(67,68)70-22-21-61(7,8)9)55(65)60-52-20-16-43(28-38(52)4)30-42-14-18-50(36(2)26-42)58-53(63)45-12-10-11-44(31-45)39(5)62/h10-20,25-28,31-34,57H,21-24,29-30H2,1-9H3,(H3-,58,59,60,63,64,65,67,68)/p+1. The number of carbonyl (C=O) groups is 5. The van der Waals surface area contributed by atoms with Gasteiger partial charge >= 0.3 is 13.8 Å². The lowest BCUT2D eigenvalue weighted by Gasteiger charge is -2.24. The number of nitrogens with zero attached hydrogens (tertiary/aromatic N) is 1. The van der Waals surface area contributed by atoms with Crippen LogP contribution < -0.4 is 21.3 Å². The topological polar surface area (TPSA) is 198 Å². The maximum Gasteiger partial charge on any atom is 0.472 e. The van der Waals surface area contributed by atoms with Crippen LogP contribution in [0, 0.1) is 27.7 Å². The monoisotopic (exact) mass is 996 g/mol. The van der Waals surface area contributed by atoms with E-state index in [1.165, 1.54) is 25.1 Å². The van der Waals surface area contributed by atoms with E-state index < -0.39 is 38.8 Å². The number of quaternary nitrogens is 1. The average Bonchev–Trinajstić information content (AvgIpc) is 3.32. The highest BCUT2D eigenvalue weighted by atomic mass is 31.2. The SMILES string of the molecule is CNc1ccc(Cc2ccc(NC(=O)c3cc(C(=O)Nc4ccc(Cc5ccc(NC(=O)c6cccc(C(C)=O)c6)c(C)c5)cc4C)cc(C(=O)OCCOP(=O)(O)OCC[N+](C)(C)C)c3)c(C)c2)cc1C. The van der Waals surface area contributed by atoms with Gasteiger partial charge in [-0.15, -0.1) is 0 Å². The molecule has 376 valence electrons. The minimum atomic E-state index is -4.43. The average molecular weight is 997 g/mol. The van der Waals surface area contributed by atoms with Crippen LogP contribution in [0.4, 0.5) is 22.7 Å². The van der Waals surface area contributed by atoms with Crippen LogP contribution in [-0.4, -0.2) is 93.4 Å². The first-order chi connectivity index (χ1) is 34.1. The first kappa shape index (κ1) is 54.1. The summed E-state index contributed by atoms with van der Waals surface area (Å²) in [4.78, 5) is 76.4. The Morgan fingerprint density at radius 1 is 0.514 bits per heavy atom. The normalized spacial score (nSPS) is 12.1. The van der Waals surface area contributed by atoms with Gasteiger partial charge in [-0.2, -0.15) is 0 Å². The third-order valence-corrected chi connectivity index (χ3v) is 12.8. The van der Waals surface area contributed by atoms with E-state index in [0.29, 0.717) is 52.1 Å². The first-order valence-electron chi connectivity index (χ1n) is 23.4. The molecule has 1 unspecified atom stereocenters. The smallest absolute Gasteiger partial charge is 0.460 e. The fourth-order valence-corrected chi connectivity index (χ4v) is 8.52. The van der Waals surface area contributed by atoms with Gasteiger partial charge in [-0.05, 0) is 147 Å². The largest absolute Gasteiger partial charge is 0.472 e. The number of hydrogen-bond acceptors (Lipinski definition) is 10. The summed E-state index contributed by atoms with van der Waals surface area (Å²) in [6, 6.07) is 34.0. The van der Waals surface area contributed by atoms with Gasteiger partial charge in [0, 0.05) is 52.1 Å². The zero-order valence-corrected chi connectivity index (χ0v) is 43.1. The molecule has 5 N–H and O–H groups in total. The molecule has 0 aliphatic heterocycles. The van der Waals surface area contributed by atoms with E-state index in [4.69, 9.17) is 13.8 Å². The van der Waals surface area contributed by atoms with Crippen molar-refractivity contribution >= 4 is 60.0 Å². The zero-order chi connectivity index (χ0) is 52.3. The number of aryl methyl sites for hydroxylation is 4. The van der Waals surface area contributed by atoms with Gasteiger partial charge in [-0.1, -0.05) is 60.7 Å². The van der Waals surface area contributed by atoms with Gasteiger partial charge in [-0.3, -0.25) is 28.2 Å². The molecule has 16 heteroatoms. The highest BCUT2D eigenvalue weighted by Crippen LogP contribution is 2.42. The molecule has 0 aliphatic rings. The molecule has 72 heavy (non-hydrogen) atoms. The maximum absolute atomic E-state index is 14.0. The van der Waals surface area contributed by atoms with Crippen LogP contribution in [0.1, 0.15) is 103 Å². The van der Waals surface area contributed by atoms with Gasteiger partial charge in [0.25, 0.3) is 17.7 Å². The predicted octanol–water partition coefficient (Wildman–Crippen LogP) is 10.1. The maximum atomic E-state index is 14.0. The molecular formula is C56H63N5O10P+. The van der Waals surface area contributed by atoms with Crippen molar-refractivity contribution in [3.63, 3.8) is 0 Å². The number of likely N-dealkylation sites (N-methyl/N-ethyl adjacent to an activating group) is 1. The van der Waals surface area contributed by atoms with Crippen LogP contribution in [0.3, 0.4) is 0 Å². The van der Waals surface area contributed by atoms with Crippen molar-refractivity contribution in [2.45, 2.75) is 47.5 Å². The van der Waals surface area contributed by atoms with E-state index in [2.05, 4.69) is 40.3 Å². The fraction of sp³-hybridized carbons (Fsp3) is 0.268. The van der Waals surface area contributed by atoms with Crippen LogP contribution in [0.25, 0.3) is 0 Å². The van der Waals surface area contributed by atoms with Gasteiger partial charge in [0.1, 0.15) is 19.8 Å². The lowest BCUT2D eigenvalue weighted by Crippen LogP contribution is -2.37. The number of anilines is 4. The molecule has 1 atom stereocenters. The molecule has 6 aromatic rings. The third kappa shape index (κ3) is 15.4. The molecule has 0 saturated heterocycles. The molecule has 6 aromatic carbocycles. The molecule has 15 nitrogen and oxygen atoms in total. The van der Waals surface area contributed by atoms with Crippen molar-refractivity contribution in [1.29, 1.82) is 0 Å². The Balaban J connectivity index is 1.16. The van der Waals surface area contributed by atoms with Crippen LogP contribution >= 0.6 is 7.82 Å². The molecule has 0 fully saturated rings. The number of phosphoric ester groups is 1. The van der Waals surface area contributed by atoms with Crippen LogP contribution in [0.5, 0.6) is 0 Å². The summed E-state index contributed by atoms with van der Waals surface area (Å²) in [5.41, 5.74) is 11.2. The number of nitrogens with one attached hydrogen (secondary N) is 4. The lowest BCUT2D eigenvalue weighted by atomic mass is 9.99. The Morgan fingerprint density at radius 2 is 0.903 bits per heavy atom. The summed E-state index contributed by atoms with van der Waals surface area (Å²) >= 11 is 0. The van der Waals surface area contributed by atoms with Crippen molar-refractivity contribution in [3.05, 3.63) is 188 Å². The molecule has 0 heterocycles. The van der Waals surface area contributed by atoms with Gasteiger partial charge in [0.15, 0.2) is 5.78 Å². The second kappa shape index (κ2) is 23.8. The van der Waals surface area contributed by atoms with E-state index in [9.17, 15) is 33.4 Å². The number of esters is 1. The summed E-state index contributed by atoms with van der Waals surface area (Å²) in [5.74, 6) is -2.51. The van der Waals surface area contributed by atoms with Gasteiger partial charge in [0.05, 0.1) is 33.3 Å². The molecule has 3 amide bonds. The number of carbonyl (C=O) groups excluding carboxylic acids is 5. The number of ether oxygens (including phenoxy) is 1. The number of amides is 3. The number of Topliss-reactive ketones (excluding diaryl/α,β-unsaturated/α-hetero) is 1. The highest BCUT2D eigenvalue weighted by molar-refractivity contribution is 7.47. The number of phosphoric acid groups is 1. The lowest BCUT2D eigenvalue weighted by molar-refractivity contribution is -0.870. The number of hydrogen-bond donors (Lipinski definition) is 5. The van der Waals surface area contributed by atoms with E-state index in [-0.39, 0.29) is 35.0 Å². The van der Waals surface area contributed by atoms with Crippen molar-refractivity contribution in [1.82, 2.24) is 0 Å². The molecule has 6 rings (SSSR count). The quantitative estimate of drug-likeness (QED) is 0.0151. The van der Waals surface area contributed by atoms with E-state index in [1.54, 1.807) is 30.3 Å². The molecule has 0 radical (unpaired) electrons. The number of rotatable bonds is 21. The van der Waals surface area contributed by atoms with E-state index >= 15 is 0 Å². The van der Waals surface area contributed by atoms with Gasteiger partial charge in [0.2, 0.25) is 0 Å². The van der Waals surface area contributed by atoms with Crippen molar-refractivity contribution in [3.8, 4) is 0 Å². The number of ketones is 1. The first-order valence-corrected chi connectivity index (χ1v) is 24.9. The Bertz CT molecular complexity index is 3070. The van der Waals surface area contributed by atoms with Crippen molar-refractivity contribution < 1.29 is 51.7 Å². The minimum absolute atomic E-state index is 0.000652. The summed E-state index contributed by atoms with van der Waals surface area (Å²) in [5, 5.41) is 12.0. The van der Waals surface area contributed by atoms with Crippen LogP contribution in [0.15, 0.2) is 115 Å². The molecule has 0 saturated carbocycles. The third-order valence-electron chi connectivity index (χ3n) is 11.8. The fourth-order valence-electron chi connectivity index (χ4n) is 7.82. The molecular weight excluding hydrogens is 934 g/mol. The van der Waals surface area contributed by atoms with Gasteiger partial charge in [-0.25, -0.2) is 9.36 Å². The molecule has 0 aromatic heterocycles. The summed E-state index contributed by atoms with van der Waals surface area (Å²) in [7, 11) is 3.17. The Kier molecular flexibility index (Phi) is 17.9. The Hall–Kier alpha value is -7.26. The predicted molar refractivity (Wildman–Crippen MR) is 282 cm³/mol. The second-order valence-corrected chi connectivity index (χ2v) is 20.2. The molecule has 0 bridgehead atoms. The van der Waals surface area contributed by atoms with E-state index in [1.807, 2.05) is 104 Å². The highest BCUT2D eigenvalue weighted by Gasteiger charge is 2.24. The second-order valence-electron chi connectivity index (χ2n) is 18.8. The summed E-state index contributed by atoms with van der Waals surface area (Å²) in [6.07, 6.45) is 1.25. The van der Waals surface area contributed by atoms with Crippen LogP contribution in [-0.2, 0) is 31.2 Å². The van der Waals surface area contributed by atoms with Crippen LogP contribution in [0.2, 0.25) is 0 Å². The van der Waals surface area contributed by atoms with Gasteiger partial charge < -0.3 is 35.4 Å². The summed E-state index contributed by atoms with van der Waals surface area (Å²) < 4.78 is 28.3. The molecule has 0 spiro atoms. The zero-order valence-electron chi connectivity index (χ0n) is 42.2. The molecule has 0 aliphatic carbocycles. The van der Waals surface area contributed by atoms with E-state index in [0.717, 1.165) is 50.2 Å².